The molecule has 6 nitrogen and oxygen atoms in total. The van der Waals surface area contributed by atoms with Crippen molar-refractivity contribution >= 4 is 23.5 Å². The number of anilines is 1. The van der Waals surface area contributed by atoms with Gasteiger partial charge in [0.25, 0.3) is 0 Å². The molecule has 1 unspecified atom stereocenters. The van der Waals surface area contributed by atoms with Crippen LogP contribution in [0.3, 0.4) is 0 Å². The van der Waals surface area contributed by atoms with Crippen molar-refractivity contribution in [3.8, 4) is 0 Å². The van der Waals surface area contributed by atoms with Gasteiger partial charge in [0.05, 0.1) is 5.92 Å². The molecule has 7 heteroatoms. The first-order valence-electron chi connectivity index (χ1n) is 7.95. The molecule has 0 saturated heterocycles. The number of carbonyl (C=O) groups is 3. The van der Waals surface area contributed by atoms with Crippen LogP contribution in [-0.4, -0.2) is 28.1 Å². The lowest BCUT2D eigenvalue weighted by molar-refractivity contribution is -0.166. The Balaban J connectivity index is 2.06. The molecule has 1 aliphatic carbocycles. The van der Waals surface area contributed by atoms with E-state index < -0.39 is 41.4 Å². The minimum atomic E-state index is -2.18. The predicted octanol–water partition coefficient (Wildman–Crippen LogP) is 2.65. The van der Waals surface area contributed by atoms with Gasteiger partial charge in [-0.25, -0.2) is 4.39 Å². The number of hydrogen-bond acceptors (Lipinski definition) is 3. The SMILES string of the molecule is O=C(Nc1ccccc1)C1CC(C(=O)O)(C(=O)O)Cc2cccc(F)c21. The number of carboxylic acid groups (broad SMARTS) is 2. The second-order valence-corrected chi connectivity index (χ2v) is 6.29. The quantitative estimate of drug-likeness (QED) is 0.730. The molecule has 0 spiro atoms. The van der Waals surface area contributed by atoms with Gasteiger partial charge in [0.2, 0.25) is 5.91 Å². The molecule has 26 heavy (non-hydrogen) atoms. The predicted molar refractivity (Wildman–Crippen MR) is 90.2 cm³/mol. The number of aliphatic carboxylic acids is 2. The van der Waals surface area contributed by atoms with Crippen LogP contribution in [0.15, 0.2) is 48.5 Å². The van der Waals surface area contributed by atoms with Crippen LogP contribution in [0, 0.1) is 11.2 Å². The largest absolute Gasteiger partial charge is 0.480 e. The van der Waals surface area contributed by atoms with E-state index in [-0.39, 0.29) is 17.5 Å². The van der Waals surface area contributed by atoms with Crippen molar-refractivity contribution in [2.45, 2.75) is 18.8 Å². The van der Waals surface area contributed by atoms with Gasteiger partial charge in [-0.3, -0.25) is 14.4 Å². The summed E-state index contributed by atoms with van der Waals surface area (Å²) in [5.74, 6) is -5.61. The van der Waals surface area contributed by atoms with Gasteiger partial charge in [-0.1, -0.05) is 30.3 Å². The summed E-state index contributed by atoms with van der Waals surface area (Å²) in [4.78, 5) is 36.2. The van der Waals surface area contributed by atoms with Gasteiger partial charge in [-0.05, 0) is 36.6 Å². The molecule has 0 radical (unpaired) electrons. The molecule has 3 rings (SSSR count). The maximum absolute atomic E-state index is 14.4. The summed E-state index contributed by atoms with van der Waals surface area (Å²) in [5, 5.41) is 21.7. The molecule has 0 heterocycles. The lowest BCUT2D eigenvalue weighted by atomic mass is 9.66. The van der Waals surface area contributed by atoms with Crippen LogP contribution >= 0.6 is 0 Å². The number of carboxylic acids is 2. The van der Waals surface area contributed by atoms with E-state index >= 15 is 0 Å². The maximum atomic E-state index is 14.4. The zero-order valence-electron chi connectivity index (χ0n) is 13.6. The van der Waals surface area contributed by atoms with Crippen LogP contribution in [0.4, 0.5) is 10.1 Å². The number of nitrogens with one attached hydrogen (secondary N) is 1. The highest BCUT2D eigenvalue weighted by Crippen LogP contribution is 2.44. The van der Waals surface area contributed by atoms with Gasteiger partial charge in [0, 0.05) is 11.3 Å². The van der Waals surface area contributed by atoms with E-state index in [9.17, 15) is 29.0 Å². The first kappa shape index (κ1) is 17.6. The summed E-state index contributed by atoms with van der Waals surface area (Å²) in [6.45, 7) is 0. The van der Waals surface area contributed by atoms with Gasteiger partial charge in [-0.15, -0.1) is 0 Å². The minimum absolute atomic E-state index is 0.0547. The van der Waals surface area contributed by atoms with Crippen molar-refractivity contribution in [1.29, 1.82) is 0 Å². The topological polar surface area (TPSA) is 104 Å². The molecule has 3 N–H and O–H groups in total. The van der Waals surface area contributed by atoms with Crippen molar-refractivity contribution in [3.63, 3.8) is 0 Å². The molecule has 0 aliphatic heterocycles. The van der Waals surface area contributed by atoms with Crippen molar-refractivity contribution in [2.75, 3.05) is 5.32 Å². The molecule has 1 aliphatic rings. The van der Waals surface area contributed by atoms with Gasteiger partial charge >= 0.3 is 11.9 Å². The molecule has 0 fully saturated rings. The Kier molecular flexibility index (Phi) is 4.46. The number of fused-ring (bicyclic) bond motifs is 1. The van der Waals surface area contributed by atoms with Crippen molar-refractivity contribution < 1.29 is 29.0 Å². The third-order valence-electron chi connectivity index (χ3n) is 4.71. The third-order valence-corrected chi connectivity index (χ3v) is 4.71. The Bertz CT molecular complexity index is 867. The van der Waals surface area contributed by atoms with Crippen LogP contribution in [0.5, 0.6) is 0 Å². The highest BCUT2D eigenvalue weighted by molar-refractivity contribution is 6.02. The number of amides is 1. The van der Waals surface area contributed by atoms with E-state index in [4.69, 9.17) is 0 Å². The molecule has 134 valence electrons. The van der Waals surface area contributed by atoms with E-state index in [0.717, 1.165) is 0 Å². The summed E-state index contributed by atoms with van der Waals surface area (Å²) < 4.78 is 14.4. The zero-order valence-corrected chi connectivity index (χ0v) is 13.6. The Morgan fingerprint density at radius 3 is 2.27 bits per heavy atom. The Morgan fingerprint density at radius 1 is 1.00 bits per heavy atom. The number of rotatable bonds is 4. The second-order valence-electron chi connectivity index (χ2n) is 6.29. The second kappa shape index (κ2) is 6.59. The third kappa shape index (κ3) is 2.92. The van der Waals surface area contributed by atoms with Gasteiger partial charge in [0.15, 0.2) is 5.41 Å². The molecule has 0 aromatic heterocycles. The average Bonchev–Trinajstić information content (AvgIpc) is 2.61. The monoisotopic (exact) mass is 357 g/mol. The van der Waals surface area contributed by atoms with E-state index in [1.54, 1.807) is 30.3 Å². The van der Waals surface area contributed by atoms with Crippen molar-refractivity contribution in [3.05, 3.63) is 65.5 Å². The summed E-state index contributed by atoms with van der Waals surface area (Å²) in [6.07, 6.45) is -0.899. The summed E-state index contributed by atoms with van der Waals surface area (Å²) in [7, 11) is 0. The summed E-state index contributed by atoms with van der Waals surface area (Å²) >= 11 is 0. The number of halogens is 1. The van der Waals surface area contributed by atoms with Gasteiger partial charge < -0.3 is 15.5 Å². The number of para-hydroxylation sites is 1. The molecular weight excluding hydrogens is 341 g/mol. The van der Waals surface area contributed by atoms with Gasteiger partial charge in [0.1, 0.15) is 5.82 Å². The van der Waals surface area contributed by atoms with Crippen LogP contribution in [0.25, 0.3) is 0 Å². The Morgan fingerprint density at radius 2 is 1.65 bits per heavy atom. The fourth-order valence-corrected chi connectivity index (χ4v) is 3.37. The van der Waals surface area contributed by atoms with E-state index in [2.05, 4.69) is 5.32 Å². The van der Waals surface area contributed by atoms with E-state index in [0.29, 0.717) is 5.69 Å². The lowest BCUT2D eigenvalue weighted by Gasteiger charge is -2.35. The van der Waals surface area contributed by atoms with Crippen LogP contribution in [0.2, 0.25) is 0 Å². The lowest BCUT2D eigenvalue weighted by Crippen LogP contribution is -2.47. The standard InChI is InChI=1S/C19H16FNO5/c20-14-8-4-5-11-9-19(17(23)24,18(25)26)10-13(15(11)14)16(22)21-12-6-2-1-3-7-12/h1-8,13H,9-10H2,(H,21,22)(H,23,24)(H,25,26). The maximum Gasteiger partial charge on any atom is 0.321 e. The van der Waals surface area contributed by atoms with E-state index in [1.807, 2.05) is 0 Å². The van der Waals surface area contributed by atoms with E-state index in [1.165, 1.54) is 18.2 Å². The fourth-order valence-electron chi connectivity index (χ4n) is 3.37. The highest BCUT2D eigenvalue weighted by Gasteiger charge is 2.53. The molecule has 0 bridgehead atoms. The fraction of sp³-hybridized carbons (Fsp3) is 0.211. The number of hydrogen-bond donors (Lipinski definition) is 3. The molecule has 0 saturated carbocycles. The average molecular weight is 357 g/mol. The van der Waals surface area contributed by atoms with Crippen LogP contribution in [0.1, 0.15) is 23.5 Å². The summed E-state index contributed by atoms with van der Waals surface area (Å²) in [6, 6.07) is 12.4. The Labute approximate surface area is 148 Å². The molecule has 1 atom stereocenters. The molecule has 1 amide bonds. The normalized spacial score (nSPS) is 17.8. The molecule has 2 aromatic carbocycles. The van der Waals surface area contributed by atoms with Gasteiger partial charge in [-0.2, -0.15) is 0 Å². The smallest absolute Gasteiger partial charge is 0.321 e. The zero-order chi connectivity index (χ0) is 18.9. The van der Waals surface area contributed by atoms with Crippen LogP contribution < -0.4 is 5.32 Å². The Hall–Kier alpha value is -3.22. The number of carbonyl (C=O) groups excluding carboxylic acids is 1. The number of benzene rings is 2. The highest BCUT2D eigenvalue weighted by atomic mass is 19.1. The first-order valence-corrected chi connectivity index (χ1v) is 7.95. The first-order chi connectivity index (χ1) is 12.3. The minimum Gasteiger partial charge on any atom is -0.480 e. The molecule has 2 aromatic rings. The summed E-state index contributed by atoms with van der Waals surface area (Å²) in [5.41, 5.74) is -1.45. The van der Waals surface area contributed by atoms with Crippen molar-refractivity contribution in [2.24, 2.45) is 5.41 Å². The van der Waals surface area contributed by atoms with Crippen LogP contribution in [-0.2, 0) is 20.8 Å². The van der Waals surface area contributed by atoms with Crippen molar-refractivity contribution in [1.82, 2.24) is 0 Å². The molecular formula is C19H16FNO5.